The zero-order valence-corrected chi connectivity index (χ0v) is 13.3. The Labute approximate surface area is 134 Å². The number of methoxy groups -OCH3 is 1. The number of aromatic nitrogens is 1. The lowest BCUT2D eigenvalue weighted by Gasteiger charge is -2.19. The highest BCUT2D eigenvalue weighted by atomic mass is 16.5. The molecule has 0 saturated heterocycles. The first kappa shape index (κ1) is 15.3. The van der Waals surface area contributed by atoms with Gasteiger partial charge in [-0.25, -0.2) is 0 Å². The number of benzene rings is 1. The van der Waals surface area contributed by atoms with Crippen LogP contribution in [0.1, 0.15) is 34.8 Å². The average Bonchev–Trinajstić information content (AvgIpc) is 3.40. The van der Waals surface area contributed by atoms with Gasteiger partial charge in [-0.1, -0.05) is 12.1 Å². The van der Waals surface area contributed by atoms with E-state index in [-0.39, 0.29) is 23.1 Å². The minimum atomic E-state index is -0.320. The third-order valence-electron chi connectivity index (χ3n) is 4.22. The number of amides is 1. The van der Waals surface area contributed by atoms with Crippen LogP contribution in [0, 0.1) is 5.92 Å². The minimum Gasteiger partial charge on any atom is -0.497 e. The average molecular weight is 312 g/mol. The van der Waals surface area contributed by atoms with Crippen molar-refractivity contribution in [2.75, 3.05) is 7.11 Å². The molecule has 1 atom stereocenters. The Morgan fingerprint density at radius 3 is 2.57 bits per heavy atom. The number of carbonyl (C=O) groups excluding carboxylic acids is 1. The third-order valence-corrected chi connectivity index (χ3v) is 4.22. The largest absolute Gasteiger partial charge is 0.497 e. The fourth-order valence-electron chi connectivity index (χ4n) is 2.70. The molecule has 1 aromatic carbocycles. The Balaban J connectivity index is 1.83. The highest BCUT2D eigenvalue weighted by molar-refractivity contribution is 5.94. The van der Waals surface area contributed by atoms with E-state index in [1.54, 1.807) is 32.5 Å². The fourth-order valence-corrected chi connectivity index (χ4v) is 2.70. The lowest BCUT2D eigenvalue weighted by atomic mass is 10.0. The molecular formula is C18H20N2O3. The summed E-state index contributed by atoms with van der Waals surface area (Å²) in [5, 5.41) is 3.02. The van der Waals surface area contributed by atoms with E-state index in [1.165, 1.54) is 4.57 Å². The lowest BCUT2D eigenvalue weighted by molar-refractivity contribution is 0.0929. The van der Waals surface area contributed by atoms with Gasteiger partial charge in [-0.3, -0.25) is 9.59 Å². The molecule has 0 unspecified atom stereocenters. The number of aryl methyl sites for hydroxylation is 1. The van der Waals surface area contributed by atoms with Gasteiger partial charge in [-0.2, -0.15) is 0 Å². The molecule has 1 aromatic heterocycles. The summed E-state index contributed by atoms with van der Waals surface area (Å²) < 4.78 is 6.58. The van der Waals surface area contributed by atoms with E-state index in [0.717, 1.165) is 24.2 Å². The molecule has 1 aliphatic rings. The fraction of sp³-hybridized carbons (Fsp3) is 0.333. The minimum absolute atomic E-state index is 0.0710. The van der Waals surface area contributed by atoms with Gasteiger partial charge >= 0.3 is 0 Å². The molecule has 1 heterocycles. The second kappa shape index (κ2) is 6.28. The number of hydrogen-bond acceptors (Lipinski definition) is 3. The van der Waals surface area contributed by atoms with E-state index < -0.39 is 0 Å². The Morgan fingerprint density at radius 1 is 1.26 bits per heavy atom. The van der Waals surface area contributed by atoms with Crippen LogP contribution in [0.5, 0.6) is 5.75 Å². The van der Waals surface area contributed by atoms with Gasteiger partial charge in [-0.15, -0.1) is 0 Å². The summed E-state index contributed by atoms with van der Waals surface area (Å²) in [6.07, 6.45) is 3.81. The van der Waals surface area contributed by atoms with Crippen molar-refractivity contribution in [2.45, 2.75) is 18.9 Å². The summed E-state index contributed by atoms with van der Waals surface area (Å²) in [6.45, 7) is 0. The van der Waals surface area contributed by atoms with Gasteiger partial charge in [0, 0.05) is 13.2 Å². The standard InChI is InChI=1S/C18H20N2O3/c1-20-11-3-4-15(18(20)22)17(21)19-16(12-5-6-12)13-7-9-14(23-2)10-8-13/h3-4,7-12,16H,5-6H2,1-2H3,(H,19,21)/t16-/m1/s1. The zero-order chi connectivity index (χ0) is 16.4. The molecule has 0 spiro atoms. The summed E-state index contributed by atoms with van der Waals surface area (Å²) in [5.41, 5.74) is 0.929. The molecule has 5 heteroatoms. The topological polar surface area (TPSA) is 60.3 Å². The van der Waals surface area contributed by atoms with E-state index in [1.807, 2.05) is 24.3 Å². The highest BCUT2D eigenvalue weighted by Gasteiger charge is 2.34. The zero-order valence-electron chi connectivity index (χ0n) is 13.3. The van der Waals surface area contributed by atoms with Crippen molar-refractivity contribution in [2.24, 2.45) is 13.0 Å². The molecule has 0 radical (unpaired) electrons. The Hall–Kier alpha value is -2.56. The molecule has 0 bridgehead atoms. The molecule has 3 rings (SSSR count). The van der Waals surface area contributed by atoms with Gasteiger partial charge < -0.3 is 14.6 Å². The van der Waals surface area contributed by atoms with E-state index in [4.69, 9.17) is 4.74 Å². The number of ether oxygens (including phenoxy) is 1. The molecule has 5 nitrogen and oxygen atoms in total. The maximum absolute atomic E-state index is 12.5. The van der Waals surface area contributed by atoms with Gasteiger partial charge in [0.05, 0.1) is 13.2 Å². The van der Waals surface area contributed by atoms with Crippen molar-refractivity contribution in [3.8, 4) is 5.75 Å². The van der Waals surface area contributed by atoms with Crippen LogP contribution in [0.2, 0.25) is 0 Å². The summed E-state index contributed by atoms with van der Waals surface area (Å²) in [5.74, 6) is 0.894. The van der Waals surface area contributed by atoms with E-state index in [0.29, 0.717) is 5.92 Å². The first-order chi connectivity index (χ1) is 11.1. The van der Waals surface area contributed by atoms with Gasteiger partial charge in [0.1, 0.15) is 11.3 Å². The van der Waals surface area contributed by atoms with Crippen LogP contribution in [-0.2, 0) is 7.05 Å². The van der Waals surface area contributed by atoms with Crippen LogP contribution in [0.3, 0.4) is 0 Å². The number of pyridine rings is 1. The lowest BCUT2D eigenvalue weighted by Crippen LogP contribution is -2.35. The number of hydrogen-bond donors (Lipinski definition) is 1. The van der Waals surface area contributed by atoms with Gasteiger partial charge in [0.25, 0.3) is 11.5 Å². The van der Waals surface area contributed by atoms with E-state index in [9.17, 15) is 9.59 Å². The SMILES string of the molecule is COc1ccc([C@H](NC(=O)c2cccn(C)c2=O)C2CC2)cc1. The normalized spacial score (nSPS) is 15.0. The van der Waals surface area contributed by atoms with Crippen LogP contribution < -0.4 is 15.6 Å². The predicted octanol–water partition coefficient (Wildman–Crippen LogP) is 2.28. The van der Waals surface area contributed by atoms with E-state index in [2.05, 4.69) is 5.32 Å². The van der Waals surface area contributed by atoms with Crippen molar-refractivity contribution < 1.29 is 9.53 Å². The number of carbonyl (C=O) groups is 1. The molecule has 23 heavy (non-hydrogen) atoms. The van der Waals surface area contributed by atoms with E-state index >= 15 is 0 Å². The van der Waals surface area contributed by atoms with Crippen LogP contribution in [0.15, 0.2) is 47.4 Å². The smallest absolute Gasteiger partial charge is 0.263 e. The summed E-state index contributed by atoms with van der Waals surface area (Å²) in [4.78, 5) is 24.6. The molecule has 1 aliphatic carbocycles. The van der Waals surface area contributed by atoms with Crippen LogP contribution in [0.25, 0.3) is 0 Å². The van der Waals surface area contributed by atoms with Crippen molar-refractivity contribution >= 4 is 5.91 Å². The summed E-state index contributed by atoms with van der Waals surface area (Å²) in [7, 11) is 3.27. The molecule has 1 amide bonds. The molecular weight excluding hydrogens is 292 g/mol. The second-order valence-electron chi connectivity index (χ2n) is 5.90. The first-order valence-electron chi connectivity index (χ1n) is 7.70. The molecule has 120 valence electrons. The molecule has 1 N–H and O–H groups in total. The Kier molecular flexibility index (Phi) is 4.19. The first-order valence-corrected chi connectivity index (χ1v) is 7.70. The van der Waals surface area contributed by atoms with Crippen LogP contribution in [-0.4, -0.2) is 17.6 Å². The molecule has 2 aromatic rings. The maximum atomic E-state index is 12.5. The maximum Gasteiger partial charge on any atom is 0.263 e. The van der Waals surface area contributed by atoms with Crippen LogP contribution >= 0.6 is 0 Å². The van der Waals surface area contributed by atoms with Crippen molar-refractivity contribution in [3.05, 3.63) is 64.1 Å². The number of rotatable bonds is 5. The molecule has 0 aliphatic heterocycles. The number of nitrogens with one attached hydrogen (secondary N) is 1. The Morgan fingerprint density at radius 2 is 1.96 bits per heavy atom. The van der Waals surface area contributed by atoms with Crippen molar-refractivity contribution in [1.29, 1.82) is 0 Å². The number of nitrogens with zero attached hydrogens (tertiary/aromatic N) is 1. The molecule has 1 fully saturated rings. The highest BCUT2D eigenvalue weighted by Crippen LogP contribution is 2.41. The quantitative estimate of drug-likeness (QED) is 0.921. The van der Waals surface area contributed by atoms with Crippen molar-refractivity contribution in [1.82, 2.24) is 9.88 Å². The Bertz CT molecular complexity index is 761. The van der Waals surface area contributed by atoms with Gasteiger partial charge in [0.15, 0.2) is 0 Å². The monoisotopic (exact) mass is 312 g/mol. The summed E-state index contributed by atoms with van der Waals surface area (Å²) in [6, 6.07) is 10.9. The summed E-state index contributed by atoms with van der Waals surface area (Å²) >= 11 is 0. The van der Waals surface area contributed by atoms with Crippen LogP contribution in [0.4, 0.5) is 0 Å². The molecule has 1 saturated carbocycles. The predicted molar refractivity (Wildman–Crippen MR) is 87.6 cm³/mol. The third kappa shape index (κ3) is 3.28. The second-order valence-corrected chi connectivity index (χ2v) is 5.90. The van der Waals surface area contributed by atoms with Gasteiger partial charge in [-0.05, 0) is 48.6 Å². The van der Waals surface area contributed by atoms with Gasteiger partial charge in [0.2, 0.25) is 0 Å². The van der Waals surface area contributed by atoms with Crippen molar-refractivity contribution in [3.63, 3.8) is 0 Å².